The average molecular weight is 478 g/mol. The van der Waals surface area contributed by atoms with Crippen LogP contribution in [0, 0.1) is 5.82 Å². The van der Waals surface area contributed by atoms with E-state index in [4.69, 9.17) is 9.72 Å². The van der Waals surface area contributed by atoms with Crippen LogP contribution in [0.5, 0.6) is 0 Å². The van der Waals surface area contributed by atoms with Crippen molar-refractivity contribution in [3.63, 3.8) is 0 Å². The number of rotatable bonds is 12. The number of nitrogens with zero attached hydrogens (tertiary/aromatic N) is 2. The fraction of sp³-hybridized carbons (Fsp3) is 0.259. The highest BCUT2D eigenvalue weighted by atomic mass is 32.1. The molecule has 0 saturated heterocycles. The van der Waals surface area contributed by atoms with Crippen molar-refractivity contribution in [2.75, 3.05) is 13.2 Å². The molecule has 7 heteroatoms. The third-order valence-electron chi connectivity index (χ3n) is 5.42. The lowest BCUT2D eigenvalue weighted by Crippen LogP contribution is -2.28. The Bertz CT molecular complexity index is 1160. The van der Waals surface area contributed by atoms with E-state index in [1.165, 1.54) is 12.1 Å². The van der Waals surface area contributed by atoms with Gasteiger partial charge in [-0.1, -0.05) is 18.6 Å². The Morgan fingerprint density at radius 2 is 1.76 bits per heavy atom. The van der Waals surface area contributed by atoms with Gasteiger partial charge in [0, 0.05) is 35.6 Å². The number of aryl methyl sites for hydroxylation is 1. The molecule has 0 spiro atoms. The van der Waals surface area contributed by atoms with Crippen molar-refractivity contribution in [1.29, 1.82) is 0 Å². The number of aromatic nitrogens is 2. The molecule has 1 amide bonds. The largest absolute Gasteiger partial charge is 0.367 e. The van der Waals surface area contributed by atoms with Gasteiger partial charge in [0.25, 0.3) is 0 Å². The zero-order valence-electron chi connectivity index (χ0n) is 19.0. The first-order valence-electron chi connectivity index (χ1n) is 11.4. The molecule has 0 aliphatic rings. The molecule has 0 radical (unpaired) electrons. The van der Waals surface area contributed by atoms with Gasteiger partial charge in [-0.2, -0.15) is 0 Å². The lowest BCUT2D eigenvalue weighted by Gasteiger charge is -2.06. The molecule has 176 valence electrons. The highest BCUT2D eigenvalue weighted by Crippen LogP contribution is 2.25. The Labute approximate surface area is 203 Å². The van der Waals surface area contributed by atoms with Crippen LogP contribution in [-0.2, 0) is 22.6 Å². The molecule has 0 atom stereocenters. The third-order valence-corrected chi connectivity index (χ3v) is 6.36. The van der Waals surface area contributed by atoms with Gasteiger partial charge in [-0.25, -0.2) is 9.37 Å². The standard InChI is InChI=1S/C27H28FN3O2S/c28-23-11-7-21(8-12-23)18-33-19-26(32)29-15-3-1-2-6-24-20-34-27(30-24)22-9-13-25(14-10-22)31-16-4-5-17-31/h4-5,7-14,16-17,20H,1-3,6,15,18-19H2,(H,29,32). The zero-order chi connectivity index (χ0) is 23.6. The molecule has 34 heavy (non-hydrogen) atoms. The van der Waals surface area contributed by atoms with Crippen LogP contribution in [0.25, 0.3) is 16.3 Å². The van der Waals surface area contributed by atoms with Crippen molar-refractivity contribution in [1.82, 2.24) is 14.9 Å². The smallest absolute Gasteiger partial charge is 0.246 e. The number of carbonyl (C=O) groups excluding carboxylic acids is 1. The predicted molar refractivity (Wildman–Crippen MR) is 133 cm³/mol. The Morgan fingerprint density at radius 1 is 1.00 bits per heavy atom. The van der Waals surface area contributed by atoms with Crippen molar-refractivity contribution >= 4 is 17.2 Å². The summed E-state index contributed by atoms with van der Waals surface area (Å²) in [6.45, 7) is 0.931. The van der Waals surface area contributed by atoms with Gasteiger partial charge in [0.15, 0.2) is 0 Å². The summed E-state index contributed by atoms with van der Waals surface area (Å²) >= 11 is 1.68. The minimum Gasteiger partial charge on any atom is -0.367 e. The van der Waals surface area contributed by atoms with E-state index in [2.05, 4.69) is 39.5 Å². The zero-order valence-corrected chi connectivity index (χ0v) is 19.8. The van der Waals surface area contributed by atoms with Crippen molar-refractivity contribution in [2.24, 2.45) is 0 Å². The van der Waals surface area contributed by atoms with E-state index in [9.17, 15) is 9.18 Å². The molecule has 1 N–H and O–H groups in total. The van der Waals surface area contributed by atoms with Crippen molar-refractivity contribution in [3.05, 3.63) is 95.5 Å². The molecule has 2 heterocycles. The molecular formula is C27H28FN3O2S. The number of thiazole rings is 1. The molecule has 0 aliphatic heterocycles. The van der Waals surface area contributed by atoms with Crippen molar-refractivity contribution in [2.45, 2.75) is 32.3 Å². The van der Waals surface area contributed by atoms with Crippen LogP contribution in [0.15, 0.2) is 78.4 Å². The third kappa shape index (κ3) is 7.10. The Balaban J connectivity index is 1.09. The number of amides is 1. The number of halogens is 1. The number of unbranched alkanes of at least 4 members (excludes halogenated alkanes) is 2. The lowest BCUT2D eigenvalue weighted by atomic mass is 10.1. The van der Waals surface area contributed by atoms with E-state index in [1.807, 2.05) is 24.5 Å². The van der Waals surface area contributed by atoms with Crippen LogP contribution in [0.3, 0.4) is 0 Å². The second-order valence-corrected chi connectivity index (χ2v) is 8.92. The maximum atomic E-state index is 12.9. The Hall–Kier alpha value is -3.29. The topological polar surface area (TPSA) is 56.1 Å². The summed E-state index contributed by atoms with van der Waals surface area (Å²) < 4.78 is 20.3. The Morgan fingerprint density at radius 3 is 2.53 bits per heavy atom. The van der Waals surface area contributed by atoms with Crippen LogP contribution in [0.1, 0.15) is 30.5 Å². The molecule has 4 rings (SSSR count). The van der Waals surface area contributed by atoms with Gasteiger partial charge < -0.3 is 14.6 Å². The summed E-state index contributed by atoms with van der Waals surface area (Å²) in [4.78, 5) is 16.6. The van der Waals surface area contributed by atoms with E-state index in [-0.39, 0.29) is 18.3 Å². The van der Waals surface area contributed by atoms with Gasteiger partial charge >= 0.3 is 0 Å². The summed E-state index contributed by atoms with van der Waals surface area (Å²) in [5.41, 5.74) is 4.23. The summed E-state index contributed by atoms with van der Waals surface area (Å²) in [5.74, 6) is -0.413. The minimum absolute atomic E-state index is 0.00535. The summed E-state index contributed by atoms with van der Waals surface area (Å²) in [5, 5.41) is 6.06. The van der Waals surface area contributed by atoms with Crippen LogP contribution in [-0.4, -0.2) is 28.6 Å². The van der Waals surface area contributed by atoms with Crippen molar-refractivity contribution < 1.29 is 13.9 Å². The fourth-order valence-corrected chi connectivity index (χ4v) is 4.43. The van der Waals surface area contributed by atoms with Crippen LogP contribution >= 0.6 is 11.3 Å². The molecule has 4 aromatic rings. The van der Waals surface area contributed by atoms with Gasteiger partial charge in [-0.05, 0) is 73.4 Å². The van der Waals surface area contributed by atoms with Gasteiger partial charge in [0.1, 0.15) is 17.4 Å². The molecular weight excluding hydrogens is 449 g/mol. The van der Waals surface area contributed by atoms with Gasteiger partial charge in [-0.3, -0.25) is 4.79 Å². The number of carbonyl (C=O) groups is 1. The first-order valence-corrected chi connectivity index (χ1v) is 12.3. The van der Waals surface area contributed by atoms with E-state index < -0.39 is 0 Å². The van der Waals surface area contributed by atoms with Gasteiger partial charge in [0.05, 0.1) is 12.3 Å². The number of nitrogens with one attached hydrogen (secondary N) is 1. The quantitative estimate of drug-likeness (QED) is 0.263. The molecule has 0 aliphatic carbocycles. The number of ether oxygens (including phenoxy) is 1. The number of benzene rings is 2. The van der Waals surface area contributed by atoms with E-state index in [0.717, 1.165) is 53.2 Å². The molecule has 0 unspecified atom stereocenters. The van der Waals surface area contributed by atoms with Gasteiger partial charge in [-0.15, -0.1) is 11.3 Å². The number of hydrogen-bond acceptors (Lipinski definition) is 4. The molecule has 2 aromatic carbocycles. The first-order chi connectivity index (χ1) is 16.7. The van der Waals surface area contributed by atoms with Crippen LogP contribution < -0.4 is 5.32 Å². The minimum atomic E-state index is -0.282. The number of hydrogen-bond donors (Lipinski definition) is 1. The fourth-order valence-electron chi connectivity index (χ4n) is 3.57. The maximum Gasteiger partial charge on any atom is 0.246 e. The highest BCUT2D eigenvalue weighted by Gasteiger charge is 2.06. The highest BCUT2D eigenvalue weighted by molar-refractivity contribution is 7.13. The average Bonchev–Trinajstić information content (AvgIpc) is 3.55. The summed E-state index contributed by atoms with van der Waals surface area (Å²) in [6.07, 6.45) is 7.98. The Kier molecular flexibility index (Phi) is 8.60. The van der Waals surface area contributed by atoms with Crippen molar-refractivity contribution in [3.8, 4) is 16.3 Å². The molecule has 0 saturated carbocycles. The molecule has 0 bridgehead atoms. The first kappa shape index (κ1) is 23.9. The van der Waals surface area contributed by atoms with Crippen LogP contribution in [0.4, 0.5) is 4.39 Å². The SMILES string of the molecule is O=C(COCc1ccc(F)cc1)NCCCCCc1csc(-c2ccc(-n3cccc3)cc2)n1. The monoisotopic (exact) mass is 477 g/mol. The summed E-state index contributed by atoms with van der Waals surface area (Å²) in [7, 11) is 0. The predicted octanol–water partition coefficient (Wildman–Crippen LogP) is 5.79. The molecule has 0 fully saturated rings. The van der Waals surface area contributed by atoms with Gasteiger partial charge in [0.2, 0.25) is 5.91 Å². The normalized spacial score (nSPS) is 11.0. The molecule has 5 nitrogen and oxygen atoms in total. The van der Waals surface area contributed by atoms with Crippen LogP contribution in [0.2, 0.25) is 0 Å². The van der Waals surface area contributed by atoms with E-state index >= 15 is 0 Å². The lowest BCUT2D eigenvalue weighted by molar-refractivity contribution is -0.126. The van der Waals surface area contributed by atoms with E-state index in [0.29, 0.717) is 13.2 Å². The maximum absolute atomic E-state index is 12.9. The second kappa shape index (κ2) is 12.3. The second-order valence-electron chi connectivity index (χ2n) is 8.06. The molecule has 2 aromatic heterocycles. The summed E-state index contributed by atoms with van der Waals surface area (Å²) in [6, 6.07) is 18.5. The van der Waals surface area contributed by atoms with E-state index in [1.54, 1.807) is 23.5 Å².